The topological polar surface area (TPSA) is 57.5 Å². The molecule has 3 aromatic rings. The van der Waals surface area contributed by atoms with Crippen LogP contribution in [-0.2, 0) is 15.7 Å². The first-order valence-corrected chi connectivity index (χ1v) is 11.6. The van der Waals surface area contributed by atoms with Crippen LogP contribution in [0.1, 0.15) is 67.2 Å². The Bertz CT molecular complexity index is 1280. The zero-order valence-corrected chi connectivity index (χ0v) is 21.0. The maximum absolute atomic E-state index is 14.8. The summed E-state index contributed by atoms with van der Waals surface area (Å²) < 4.78 is 65.7. The summed E-state index contributed by atoms with van der Waals surface area (Å²) in [6.45, 7) is 8.89. The van der Waals surface area contributed by atoms with Crippen molar-refractivity contribution in [2.24, 2.45) is 5.92 Å². The molecule has 0 amide bonds. The van der Waals surface area contributed by atoms with Gasteiger partial charge in [-0.1, -0.05) is 20.3 Å². The van der Waals surface area contributed by atoms with Crippen molar-refractivity contribution in [2.75, 3.05) is 7.11 Å². The molecule has 9 heteroatoms. The second-order valence-corrected chi connectivity index (χ2v) is 9.07. The van der Waals surface area contributed by atoms with Crippen molar-refractivity contribution < 1.29 is 36.6 Å². The summed E-state index contributed by atoms with van der Waals surface area (Å²) >= 11 is 0. The van der Waals surface area contributed by atoms with E-state index in [1.54, 1.807) is 20.8 Å². The first-order chi connectivity index (χ1) is 16.8. The van der Waals surface area contributed by atoms with Crippen molar-refractivity contribution in [1.82, 2.24) is 4.57 Å². The zero-order valence-electron chi connectivity index (χ0n) is 21.0. The number of fused-ring (bicyclic) bond motifs is 1. The lowest BCUT2D eigenvalue weighted by atomic mass is 9.84. The van der Waals surface area contributed by atoms with E-state index in [9.17, 15) is 27.2 Å². The minimum absolute atomic E-state index is 0.0179. The zero-order chi connectivity index (χ0) is 26.9. The molecule has 0 spiro atoms. The van der Waals surface area contributed by atoms with Crippen LogP contribution in [0.3, 0.4) is 0 Å². The van der Waals surface area contributed by atoms with E-state index < -0.39 is 35.4 Å². The average molecular weight is 508 g/mol. The largest absolute Gasteiger partial charge is 0.494 e. The molecule has 0 fully saturated rings. The smallest absolute Gasteiger partial charge is 0.416 e. The number of rotatable bonds is 7. The van der Waals surface area contributed by atoms with Crippen molar-refractivity contribution in [3.05, 3.63) is 64.6 Å². The number of ether oxygens (including phenoxy) is 2. The second kappa shape index (κ2) is 10.3. The molecule has 0 aliphatic rings. The molecular formula is C27H29F4NO4. The highest BCUT2D eigenvalue weighted by molar-refractivity contribution is 6.05. The lowest BCUT2D eigenvalue weighted by Gasteiger charge is -2.24. The Morgan fingerprint density at radius 2 is 1.67 bits per heavy atom. The van der Waals surface area contributed by atoms with Gasteiger partial charge in [0.25, 0.3) is 5.91 Å². The van der Waals surface area contributed by atoms with Gasteiger partial charge in [-0.25, -0.2) is 4.39 Å². The van der Waals surface area contributed by atoms with Gasteiger partial charge in [-0.05, 0) is 62.6 Å². The van der Waals surface area contributed by atoms with Crippen molar-refractivity contribution in [2.45, 2.75) is 59.2 Å². The summed E-state index contributed by atoms with van der Waals surface area (Å²) in [6, 6.07) is 6.36. The van der Waals surface area contributed by atoms with E-state index in [0.717, 1.165) is 30.3 Å². The molecule has 1 heterocycles. The van der Waals surface area contributed by atoms with Crippen LogP contribution >= 0.6 is 0 Å². The van der Waals surface area contributed by atoms with Gasteiger partial charge < -0.3 is 9.47 Å². The number of hydrogen-bond acceptors (Lipinski definition) is 4. The Hall–Kier alpha value is -3.36. The summed E-state index contributed by atoms with van der Waals surface area (Å²) in [4.78, 5) is 26.8. The second-order valence-electron chi connectivity index (χ2n) is 9.07. The van der Waals surface area contributed by atoms with Gasteiger partial charge in [0, 0.05) is 22.7 Å². The minimum Gasteiger partial charge on any atom is -0.494 e. The number of nitrogens with zero attached hydrogens (tertiary/aromatic N) is 1. The van der Waals surface area contributed by atoms with Gasteiger partial charge in [0.2, 0.25) is 0 Å². The standard InChI is InChI=1S/C27H29F4NO4/c1-7-15(4)23(26(34)36-14(2)3)24-16(5)32(21-13-20(28)22(35-6)12-19(21)24)25(33)17-8-10-18(11-9-17)27(29,30)31/h8-15,23H,7H2,1-6H3/t15?,23-/m0/s1. The molecule has 3 rings (SSSR count). The summed E-state index contributed by atoms with van der Waals surface area (Å²) in [5.41, 5.74) is 0.127. The van der Waals surface area contributed by atoms with Gasteiger partial charge in [-0.3, -0.25) is 14.2 Å². The Morgan fingerprint density at radius 1 is 1.06 bits per heavy atom. The van der Waals surface area contributed by atoms with E-state index in [1.165, 1.54) is 17.7 Å². The number of alkyl halides is 3. The van der Waals surface area contributed by atoms with Gasteiger partial charge in [-0.15, -0.1) is 0 Å². The number of benzene rings is 2. The molecule has 0 aliphatic carbocycles. The Kier molecular flexibility index (Phi) is 7.81. The molecule has 194 valence electrons. The number of halogens is 4. The van der Waals surface area contributed by atoms with E-state index in [-0.39, 0.29) is 28.9 Å². The third-order valence-corrected chi connectivity index (χ3v) is 6.32. The Morgan fingerprint density at radius 3 is 2.17 bits per heavy atom. The first kappa shape index (κ1) is 27.2. The molecule has 0 saturated carbocycles. The average Bonchev–Trinajstić information content (AvgIpc) is 3.07. The van der Waals surface area contributed by atoms with Gasteiger partial charge in [-0.2, -0.15) is 13.2 Å². The number of aromatic nitrogens is 1. The van der Waals surface area contributed by atoms with E-state index in [0.29, 0.717) is 23.1 Å². The predicted octanol–water partition coefficient (Wildman–Crippen LogP) is 6.89. The fourth-order valence-corrected chi connectivity index (χ4v) is 4.36. The molecule has 1 aromatic heterocycles. The highest BCUT2D eigenvalue weighted by Crippen LogP contribution is 2.40. The van der Waals surface area contributed by atoms with Crippen LogP contribution in [0.25, 0.3) is 10.9 Å². The fraction of sp³-hybridized carbons (Fsp3) is 0.407. The molecule has 5 nitrogen and oxygen atoms in total. The third kappa shape index (κ3) is 5.10. The monoisotopic (exact) mass is 507 g/mol. The quantitative estimate of drug-likeness (QED) is 0.258. The van der Waals surface area contributed by atoms with Gasteiger partial charge in [0.05, 0.1) is 30.2 Å². The molecule has 36 heavy (non-hydrogen) atoms. The number of esters is 1. The van der Waals surface area contributed by atoms with Crippen LogP contribution < -0.4 is 4.74 Å². The SMILES string of the molecule is CCC(C)[C@H](C(=O)OC(C)C)c1c(C)n(C(=O)c2ccc(C(F)(F)F)cc2)c2cc(F)c(OC)cc12. The van der Waals surface area contributed by atoms with Gasteiger partial charge >= 0.3 is 12.1 Å². The third-order valence-electron chi connectivity index (χ3n) is 6.32. The normalized spacial score (nSPS) is 13.6. The van der Waals surface area contributed by atoms with Crippen molar-refractivity contribution in [3.63, 3.8) is 0 Å². The van der Waals surface area contributed by atoms with Crippen LogP contribution in [0.5, 0.6) is 5.75 Å². The van der Waals surface area contributed by atoms with E-state index in [1.807, 2.05) is 13.8 Å². The van der Waals surface area contributed by atoms with Gasteiger partial charge in [0.15, 0.2) is 11.6 Å². The summed E-state index contributed by atoms with van der Waals surface area (Å²) in [5, 5.41) is 0.428. The van der Waals surface area contributed by atoms with Gasteiger partial charge in [0.1, 0.15) is 0 Å². The highest BCUT2D eigenvalue weighted by Gasteiger charge is 2.35. The van der Waals surface area contributed by atoms with E-state index in [2.05, 4.69) is 0 Å². The maximum atomic E-state index is 14.8. The Balaban J connectivity index is 2.30. The molecular weight excluding hydrogens is 478 g/mol. The van der Waals surface area contributed by atoms with Crippen LogP contribution in [0.4, 0.5) is 17.6 Å². The first-order valence-electron chi connectivity index (χ1n) is 11.6. The molecule has 1 unspecified atom stereocenters. The van der Waals surface area contributed by atoms with E-state index in [4.69, 9.17) is 9.47 Å². The van der Waals surface area contributed by atoms with E-state index >= 15 is 0 Å². The molecule has 0 N–H and O–H groups in total. The van der Waals surface area contributed by atoms with Crippen LogP contribution in [-0.4, -0.2) is 29.7 Å². The lowest BCUT2D eigenvalue weighted by Crippen LogP contribution is -2.25. The number of methoxy groups -OCH3 is 1. The summed E-state index contributed by atoms with van der Waals surface area (Å²) in [5.74, 6) is -2.87. The molecule has 0 aliphatic heterocycles. The van der Waals surface area contributed by atoms with Crippen LogP contribution in [0.2, 0.25) is 0 Å². The molecule has 0 bridgehead atoms. The van der Waals surface area contributed by atoms with Crippen molar-refractivity contribution in [1.29, 1.82) is 0 Å². The predicted molar refractivity (Wildman–Crippen MR) is 128 cm³/mol. The molecule has 2 aromatic carbocycles. The van der Waals surface area contributed by atoms with Crippen molar-refractivity contribution >= 4 is 22.8 Å². The fourth-order valence-electron chi connectivity index (χ4n) is 4.36. The number of carbonyl (C=O) groups is 2. The maximum Gasteiger partial charge on any atom is 0.416 e. The van der Waals surface area contributed by atoms with Crippen molar-refractivity contribution in [3.8, 4) is 5.75 Å². The van der Waals surface area contributed by atoms with Crippen LogP contribution in [0.15, 0.2) is 36.4 Å². The summed E-state index contributed by atoms with van der Waals surface area (Å²) in [6.07, 6.45) is -4.31. The highest BCUT2D eigenvalue weighted by atomic mass is 19.4. The molecule has 0 saturated heterocycles. The molecule has 0 radical (unpaired) electrons. The number of carbonyl (C=O) groups excluding carboxylic acids is 2. The lowest BCUT2D eigenvalue weighted by molar-refractivity contribution is -0.150. The molecule has 2 atom stereocenters. The Labute approximate surface area is 207 Å². The summed E-state index contributed by atoms with van der Waals surface area (Å²) in [7, 11) is 1.31. The number of hydrogen-bond donors (Lipinski definition) is 0. The minimum atomic E-state index is -4.55. The van der Waals surface area contributed by atoms with Crippen LogP contribution in [0, 0.1) is 18.7 Å².